The van der Waals surface area contributed by atoms with Gasteiger partial charge in [-0.15, -0.1) is 0 Å². The number of nitrogens with zero attached hydrogens (tertiary/aromatic N) is 1. The van der Waals surface area contributed by atoms with Gasteiger partial charge in [0.1, 0.15) is 0 Å². The Labute approximate surface area is 159 Å². The first-order valence-corrected chi connectivity index (χ1v) is 8.81. The number of aromatic nitrogens is 1. The largest absolute Gasteiger partial charge is 0.493 e. The quantitative estimate of drug-likeness (QED) is 0.693. The Morgan fingerprint density at radius 3 is 2.33 bits per heavy atom. The molecular formula is C22H24N2O3. The minimum atomic E-state index is -0.408. The lowest BCUT2D eigenvalue weighted by Crippen LogP contribution is -2.13. The number of carbonyl (C=O) groups is 1. The maximum Gasteiger partial charge on any atom is 0.250 e. The van der Waals surface area contributed by atoms with Crippen molar-refractivity contribution in [2.75, 3.05) is 14.2 Å². The van der Waals surface area contributed by atoms with Crippen molar-refractivity contribution in [3.8, 4) is 22.8 Å². The summed E-state index contributed by atoms with van der Waals surface area (Å²) in [5.74, 6) is 1.01. The van der Waals surface area contributed by atoms with Gasteiger partial charge in [-0.1, -0.05) is 36.4 Å². The highest BCUT2D eigenvalue weighted by atomic mass is 16.5. The maximum atomic E-state index is 11.8. The number of hydrogen-bond donors (Lipinski definition) is 1. The van der Waals surface area contributed by atoms with Crippen LogP contribution in [0.2, 0.25) is 0 Å². The van der Waals surface area contributed by atoms with Crippen molar-refractivity contribution in [2.45, 2.75) is 19.9 Å². The number of hydrogen-bond acceptors (Lipinski definition) is 3. The molecule has 1 amide bonds. The standard InChI is InChI=1S/C22H24N2O3/c1-15-18(22(23)25)14-19(17-7-5-4-6-8-17)24(15)12-11-16-9-10-20(26-2)21(13-16)27-3/h4-10,13-14H,11-12H2,1-3H3,(H2,23,25). The molecule has 3 rings (SSSR count). The number of carbonyl (C=O) groups excluding carboxylic acids is 1. The summed E-state index contributed by atoms with van der Waals surface area (Å²) in [6.07, 6.45) is 0.786. The highest BCUT2D eigenvalue weighted by molar-refractivity contribution is 5.95. The Morgan fingerprint density at radius 1 is 1.00 bits per heavy atom. The van der Waals surface area contributed by atoms with Crippen LogP contribution in [0, 0.1) is 6.92 Å². The Kier molecular flexibility index (Phi) is 5.50. The van der Waals surface area contributed by atoms with Crippen LogP contribution in [0.5, 0.6) is 11.5 Å². The van der Waals surface area contributed by atoms with Gasteiger partial charge < -0.3 is 19.8 Å². The predicted molar refractivity (Wildman–Crippen MR) is 106 cm³/mol. The van der Waals surface area contributed by atoms with E-state index in [1.807, 2.05) is 61.5 Å². The van der Waals surface area contributed by atoms with Crippen molar-refractivity contribution >= 4 is 5.91 Å². The van der Waals surface area contributed by atoms with E-state index in [4.69, 9.17) is 15.2 Å². The number of rotatable bonds is 7. The van der Waals surface area contributed by atoms with Crippen LogP contribution >= 0.6 is 0 Å². The number of amides is 1. The zero-order valence-electron chi connectivity index (χ0n) is 15.9. The average molecular weight is 364 g/mol. The minimum absolute atomic E-state index is 0.408. The Balaban J connectivity index is 1.93. The van der Waals surface area contributed by atoms with Crippen molar-refractivity contribution in [3.63, 3.8) is 0 Å². The molecule has 0 aliphatic carbocycles. The van der Waals surface area contributed by atoms with Crippen LogP contribution in [0.15, 0.2) is 54.6 Å². The first kappa shape index (κ1) is 18.6. The molecule has 1 heterocycles. The summed E-state index contributed by atoms with van der Waals surface area (Å²) in [5.41, 5.74) is 10.2. The second-order valence-electron chi connectivity index (χ2n) is 6.35. The monoisotopic (exact) mass is 364 g/mol. The van der Waals surface area contributed by atoms with Gasteiger partial charge in [-0.2, -0.15) is 0 Å². The summed E-state index contributed by atoms with van der Waals surface area (Å²) in [6, 6.07) is 17.8. The molecule has 0 fully saturated rings. The van der Waals surface area contributed by atoms with E-state index >= 15 is 0 Å². The molecule has 2 aromatic carbocycles. The number of benzene rings is 2. The van der Waals surface area contributed by atoms with Gasteiger partial charge in [-0.3, -0.25) is 4.79 Å². The van der Waals surface area contributed by atoms with Gasteiger partial charge >= 0.3 is 0 Å². The zero-order valence-corrected chi connectivity index (χ0v) is 15.9. The fraction of sp³-hybridized carbons (Fsp3) is 0.227. The molecule has 0 aliphatic rings. The molecule has 3 aromatic rings. The van der Waals surface area contributed by atoms with Gasteiger partial charge in [-0.05, 0) is 42.7 Å². The molecule has 0 unspecified atom stereocenters. The molecule has 0 bridgehead atoms. The molecule has 0 spiro atoms. The van der Waals surface area contributed by atoms with Gasteiger partial charge in [0.25, 0.3) is 5.91 Å². The number of aryl methyl sites for hydroxylation is 1. The van der Waals surface area contributed by atoms with E-state index in [9.17, 15) is 4.79 Å². The summed E-state index contributed by atoms with van der Waals surface area (Å²) in [5, 5.41) is 0. The first-order chi connectivity index (χ1) is 13.0. The van der Waals surface area contributed by atoms with E-state index in [1.165, 1.54) is 0 Å². The molecule has 2 N–H and O–H groups in total. The van der Waals surface area contributed by atoms with Crippen molar-refractivity contribution in [1.29, 1.82) is 0 Å². The molecule has 5 nitrogen and oxygen atoms in total. The van der Waals surface area contributed by atoms with Gasteiger partial charge in [0.2, 0.25) is 0 Å². The van der Waals surface area contributed by atoms with Crippen LogP contribution in [0.1, 0.15) is 21.6 Å². The summed E-state index contributed by atoms with van der Waals surface area (Å²) in [7, 11) is 3.25. The van der Waals surface area contributed by atoms with Gasteiger partial charge in [-0.25, -0.2) is 0 Å². The molecule has 140 valence electrons. The van der Waals surface area contributed by atoms with Crippen LogP contribution in [0.4, 0.5) is 0 Å². The number of nitrogens with two attached hydrogens (primary N) is 1. The third-order valence-electron chi connectivity index (χ3n) is 4.77. The smallest absolute Gasteiger partial charge is 0.250 e. The van der Waals surface area contributed by atoms with Gasteiger partial charge in [0.15, 0.2) is 11.5 Å². The highest BCUT2D eigenvalue weighted by Crippen LogP contribution is 2.29. The maximum absolute atomic E-state index is 11.8. The van der Waals surface area contributed by atoms with Gasteiger partial charge in [0, 0.05) is 17.9 Å². The fourth-order valence-corrected chi connectivity index (χ4v) is 3.31. The Morgan fingerprint density at radius 2 is 1.70 bits per heavy atom. The van der Waals surface area contributed by atoms with E-state index < -0.39 is 5.91 Å². The molecule has 0 saturated carbocycles. The van der Waals surface area contributed by atoms with E-state index in [1.54, 1.807) is 14.2 Å². The summed E-state index contributed by atoms with van der Waals surface area (Å²) >= 11 is 0. The van der Waals surface area contributed by atoms with E-state index in [0.717, 1.165) is 35.5 Å². The van der Waals surface area contributed by atoms with Crippen LogP contribution in [0.3, 0.4) is 0 Å². The Bertz CT molecular complexity index is 946. The molecule has 1 aromatic heterocycles. The number of primary amides is 1. The second kappa shape index (κ2) is 7.99. The molecule has 0 saturated heterocycles. The molecule has 27 heavy (non-hydrogen) atoms. The second-order valence-corrected chi connectivity index (χ2v) is 6.35. The lowest BCUT2D eigenvalue weighted by atomic mass is 10.1. The number of ether oxygens (including phenoxy) is 2. The zero-order chi connectivity index (χ0) is 19.4. The fourth-order valence-electron chi connectivity index (χ4n) is 3.31. The summed E-state index contributed by atoms with van der Waals surface area (Å²) in [6.45, 7) is 2.65. The van der Waals surface area contributed by atoms with Crippen molar-refractivity contribution in [1.82, 2.24) is 4.57 Å². The highest BCUT2D eigenvalue weighted by Gasteiger charge is 2.16. The third kappa shape index (κ3) is 3.82. The predicted octanol–water partition coefficient (Wildman–Crippen LogP) is 3.82. The van der Waals surface area contributed by atoms with E-state index in [2.05, 4.69) is 4.57 Å². The summed E-state index contributed by atoms with van der Waals surface area (Å²) in [4.78, 5) is 11.8. The van der Waals surface area contributed by atoms with E-state index in [0.29, 0.717) is 17.1 Å². The van der Waals surface area contributed by atoms with Crippen LogP contribution in [0.25, 0.3) is 11.3 Å². The topological polar surface area (TPSA) is 66.5 Å². The van der Waals surface area contributed by atoms with Gasteiger partial charge in [0.05, 0.1) is 19.8 Å². The Hall–Kier alpha value is -3.21. The third-order valence-corrected chi connectivity index (χ3v) is 4.77. The molecular weight excluding hydrogens is 340 g/mol. The molecule has 0 aliphatic heterocycles. The minimum Gasteiger partial charge on any atom is -0.493 e. The van der Waals surface area contributed by atoms with Crippen LogP contribution in [-0.4, -0.2) is 24.7 Å². The SMILES string of the molecule is COc1ccc(CCn2c(-c3ccccc3)cc(C(N)=O)c2C)cc1OC. The van der Waals surface area contributed by atoms with Crippen molar-refractivity contribution < 1.29 is 14.3 Å². The molecule has 5 heteroatoms. The summed E-state index contributed by atoms with van der Waals surface area (Å²) < 4.78 is 12.8. The average Bonchev–Trinajstić information content (AvgIpc) is 3.03. The van der Waals surface area contributed by atoms with Crippen molar-refractivity contribution in [2.24, 2.45) is 5.73 Å². The lowest BCUT2D eigenvalue weighted by molar-refractivity contribution is 0.0999. The molecule has 0 atom stereocenters. The normalized spacial score (nSPS) is 10.6. The first-order valence-electron chi connectivity index (χ1n) is 8.81. The van der Waals surface area contributed by atoms with Crippen molar-refractivity contribution in [3.05, 3.63) is 71.4 Å². The van der Waals surface area contributed by atoms with Crippen LogP contribution in [-0.2, 0) is 13.0 Å². The van der Waals surface area contributed by atoms with Crippen LogP contribution < -0.4 is 15.2 Å². The lowest BCUT2D eigenvalue weighted by Gasteiger charge is -2.14. The molecule has 0 radical (unpaired) electrons. The van der Waals surface area contributed by atoms with E-state index in [-0.39, 0.29) is 0 Å². The number of methoxy groups -OCH3 is 2.